The van der Waals surface area contributed by atoms with Gasteiger partial charge in [-0.05, 0) is 31.1 Å². The fourth-order valence-corrected chi connectivity index (χ4v) is 1.63. The number of aromatic nitrogens is 1. The van der Waals surface area contributed by atoms with Gasteiger partial charge >= 0.3 is 0 Å². The summed E-state index contributed by atoms with van der Waals surface area (Å²) in [6.07, 6.45) is 8.31. The minimum atomic E-state index is 0.491. The second-order valence-corrected chi connectivity index (χ2v) is 4.56. The van der Waals surface area contributed by atoms with Gasteiger partial charge < -0.3 is 0 Å². The van der Waals surface area contributed by atoms with E-state index in [0.29, 0.717) is 15.1 Å². The molecule has 0 atom stereocenters. The number of pyridine rings is 1. The molecular formula is C13H12Cl3N. The first-order valence-corrected chi connectivity index (χ1v) is 6.21. The molecule has 90 valence electrons. The average molecular weight is 289 g/mol. The van der Waals surface area contributed by atoms with E-state index >= 15 is 0 Å². The van der Waals surface area contributed by atoms with Crippen LogP contribution in [0.2, 0.25) is 5.02 Å². The van der Waals surface area contributed by atoms with Crippen LogP contribution in [0.1, 0.15) is 12.1 Å². The molecule has 1 nitrogen and oxygen atoms in total. The van der Waals surface area contributed by atoms with Crippen molar-refractivity contribution in [2.45, 2.75) is 12.8 Å². The molecule has 0 saturated carbocycles. The van der Waals surface area contributed by atoms with Crippen LogP contribution in [0.3, 0.4) is 0 Å². The lowest BCUT2D eigenvalue weighted by molar-refractivity contribution is 0.942. The van der Waals surface area contributed by atoms with Crippen molar-refractivity contribution < 1.29 is 0 Å². The van der Waals surface area contributed by atoms with Crippen LogP contribution in [0.5, 0.6) is 0 Å². The summed E-state index contributed by atoms with van der Waals surface area (Å²) in [5.74, 6) is 0. The lowest BCUT2D eigenvalue weighted by Crippen LogP contribution is -1.88. The van der Waals surface area contributed by atoms with Gasteiger partial charge in [0, 0.05) is 11.9 Å². The normalized spacial score (nSPS) is 12.6. The van der Waals surface area contributed by atoms with Crippen LogP contribution < -0.4 is 0 Å². The van der Waals surface area contributed by atoms with Crippen molar-refractivity contribution in [2.75, 3.05) is 0 Å². The monoisotopic (exact) mass is 287 g/mol. The van der Waals surface area contributed by atoms with Gasteiger partial charge in [0.05, 0.1) is 15.1 Å². The summed E-state index contributed by atoms with van der Waals surface area (Å²) < 4.78 is 0. The zero-order valence-corrected chi connectivity index (χ0v) is 11.4. The Labute approximate surface area is 116 Å². The van der Waals surface area contributed by atoms with Crippen molar-refractivity contribution in [1.29, 1.82) is 0 Å². The molecule has 0 unspecified atom stereocenters. The van der Waals surface area contributed by atoms with Crippen LogP contribution in [-0.2, 0) is 6.42 Å². The highest BCUT2D eigenvalue weighted by molar-refractivity contribution is 6.43. The van der Waals surface area contributed by atoms with E-state index in [-0.39, 0.29) is 0 Å². The Bertz CT molecular complexity index is 432. The number of hydrogen-bond acceptors (Lipinski definition) is 1. The number of allylic oxidation sites excluding steroid dienone is 5. The lowest BCUT2D eigenvalue weighted by atomic mass is 10.2. The number of aryl methyl sites for hydroxylation is 1. The summed E-state index contributed by atoms with van der Waals surface area (Å²) in [5.41, 5.74) is 0.971. The Kier molecular flexibility index (Phi) is 6.35. The minimum absolute atomic E-state index is 0.491. The van der Waals surface area contributed by atoms with Crippen molar-refractivity contribution >= 4 is 34.8 Å². The van der Waals surface area contributed by atoms with E-state index < -0.39 is 0 Å². The first-order valence-electron chi connectivity index (χ1n) is 5.08. The summed E-state index contributed by atoms with van der Waals surface area (Å²) in [4.78, 5) is 4.19. The molecule has 4 heteroatoms. The molecule has 0 spiro atoms. The Balaban J connectivity index is 2.52. The third-order valence-corrected chi connectivity index (χ3v) is 3.01. The molecule has 0 aliphatic rings. The van der Waals surface area contributed by atoms with Crippen LogP contribution in [0, 0.1) is 0 Å². The summed E-state index contributed by atoms with van der Waals surface area (Å²) in [5, 5.41) is 1.66. The number of halogens is 3. The second-order valence-electron chi connectivity index (χ2n) is 3.31. The first kappa shape index (κ1) is 14.3. The summed E-state index contributed by atoms with van der Waals surface area (Å²) in [6, 6.07) is 3.71. The molecule has 0 N–H and O–H groups in total. The van der Waals surface area contributed by atoms with Crippen molar-refractivity contribution in [3.8, 4) is 0 Å². The van der Waals surface area contributed by atoms with Gasteiger partial charge in [-0.15, -0.1) is 0 Å². The summed E-state index contributed by atoms with van der Waals surface area (Å²) in [6.45, 7) is 3.55. The Morgan fingerprint density at radius 1 is 1.29 bits per heavy atom. The smallest absolute Gasteiger partial charge is 0.0589 e. The molecule has 0 bridgehead atoms. The lowest BCUT2D eigenvalue weighted by Gasteiger charge is -1.99. The predicted molar refractivity (Wildman–Crippen MR) is 75.6 cm³/mol. The van der Waals surface area contributed by atoms with Crippen LogP contribution in [0.4, 0.5) is 0 Å². The Morgan fingerprint density at radius 2 is 2.06 bits per heavy atom. The van der Waals surface area contributed by atoms with Crippen LogP contribution in [0.25, 0.3) is 0 Å². The van der Waals surface area contributed by atoms with Crippen molar-refractivity contribution in [3.05, 3.63) is 63.9 Å². The van der Waals surface area contributed by atoms with Gasteiger partial charge in [-0.2, -0.15) is 0 Å². The van der Waals surface area contributed by atoms with Crippen molar-refractivity contribution in [2.24, 2.45) is 0 Å². The Hall–Kier alpha value is -0.760. The molecule has 1 heterocycles. The molecule has 0 radical (unpaired) electrons. The molecule has 0 aromatic carbocycles. The average Bonchev–Trinajstić information content (AvgIpc) is 2.32. The van der Waals surface area contributed by atoms with Crippen LogP contribution in [0.15, 0.2) is 53.2 Å². The highest BCUT2D eigenvalue weighted by Crippen LogP contribution is 2.20. The standard InChI is InChI=1S/C13H12Cl3N/c1-2-4-12(15)13(16)6-3-5-11-8-7-10(14)9-17-11/h2,4,6-9H,1,3,5H2/b12-4+,13-6+. The van der Waals surface area contributed by atoms with E-state index in [4.69, 9.17) is 34.8 Å². The predicted octanol–water partition coefficient (Wildman–Crippen LogP) is 5.10. The molecular weight excluding hydrogens is 277 g/mol. The van der Waals surface area contributed by atoms with E-state index in [1.54, 1.807) is 18.3 Å². The third-order valence-electron chi connectivity index (χ3n) is 2.01. The first-order chi connectivity index (χ1) is 8.13. The van der Waals surface area contributed by atoms with Gasteiger partial charge in [0.1, 0.15) is 0 Å². The van der Waals surface area contributed by atoms with Gasteiger partial charge in [0.15, 0.2) is 0 Å². The molecule has 0 aliphatic carbocycles. The van der Waals surface area contributed by atoms with Crippen LogP contribution >= 0.6 is 34.8 Å². The van der Waals surface area contributed by atoms with E-state index in [2.05, 4.69) is 11.6 Å². The highest BCUT2D eigenvalue weighted by atomic mass is 35.5. The summed E-state index contributed by atoms with van der Waals surface area (Å²) >= 11 is 17.6. The van der Waals surface area contributed by atoms with E-state index in [9.17, 15) is 0 Å². The quantitative estimate of drug-likeness (QED) is 0.687. The zero-order valence-electron chi connectivity index (χ0n) is 9.17. The maximum atomic E-state index is 5.97. The van der Waals surface area contributed by atoms with Crippen LogP contribution in [-0.4, -0.2) is 4.98 Å². The fourth-order valence-electron chi connectivity index (χ4n) is 1.18. The van der Waals surface area contributed by atoms with E-state index in [1.807, 2.05) is 18.2 Å². The second kappa shape index (κ2) is 7.54. The maximum absolute atomic E-state index is 5.97. The van der Waals surface area contributed by atoms with Crippen molar-refractivity contribution in [1.82, 2.24) is 4.98 Å². The topological polar surface area (TPSA) is 12.9 Å². The van der Waals surface area contributed by atoms with E-state index in [1.165, 1.54) is 0 Å². The fraction of sp³-hybridized carbons (Fsp3) is 0.154. The maximum Gasteiger partial charge on any atom is 0.0589 e. The summed E-state index contributed by atoms with van der Waals surface area (Å²) in [7, 11) is 0. The molecule has 1 aromatic rings. The number of rotatable bonds is 5. The van der Waals surface area contributed by atoms with Gasteiger partial charge in [-0.1, -0.05) is 53.5 Å². The largest absolute Gasteiger partial charge is 0.260 e. The highest BCUT2D eigenvalue weighted by Gasteiger charge is 1.98. The Morgan fingerprint density at radius 3 is 2.65 bits per heavy atom. The minimum Gasteiger partial charge on any atom is -0.260 e. The molecule has 1 aromatic heterocycles. The molecule has 0 aliphatic heterocycles. The number of nitrogens with zero attached hydrogens (tertiary/aromatic N) is 1. The van der Waals surface area contributed by atoms with Gasteiger partial charge in [0.2, 0.25) is 0 Å². The van der Waals surface area contributed by atoms with Gasteiger partial charge in [0.25, 0.3) is 0 Å². The molecule has 17 heavy (non-hydrogen) atoms. The number of hydrogen-bond donors (Lipinski definition) is 0. The van der Waals surface area contributed by atoms with Gasteiger partial charge in [-0.25, -0.2) is 0 Å². The SMILES string of the molecule is C=C/C=C(Cl)\C(Cl)=C/CCc1ccc(Cl)cn1. The third kappa shape index (κ3) is 5.40. The zero-order chi connectivity index (χ0) is 12.7. The molecule has 0 saturated heterocycles. The van der Waals surface area contributed by atoms with E-state index in [0.717, 1.165) is 18.5 Å². The van der Waals surface area contributed by atoms with Gasteiger partial charge in [-0.3, -0.25) is 4.98 Å². The molecule has 0 amide bonds. The van der Waals surface area contributed by atoms with Crippen molar-refractivity contribution in [3.63, 3.8) is 0 Å². The molecule has 1 rings (SSSR count). The molecule has 0 fully saturated rings.